The van der Waals surface area contributed by atoms with E-state index in [1.807, 2.05) is 20.8 Å². The van der Waals surface area contributed by atoms with Gasteiger partial charge >= 0.3 is 11.9 Å². The number of esters is 2. The molecule has 0 radical (unpaired) electrons. The van der Waals surface area contributed by atoms with Gasteiger partial charge in [-0.2, -0.15) is 0 Å². The SMILES string of the molecule is C=C1C[C@H]2[C@]3(C)CC[C@@H](O)C(C)(C)[C@H]3C(=O)[C@@H](O)[C@]2(C)[C@@H](C(=O)OC)[C@]1(C)C(=O)[C@](C)(O)C(=O)OC. The Kier molecular flexibility index (Phi) is 6.69. The third-order valence-corrected chi connectivity index (χ3v) is 10.2. The second-order valence-electron chi connectivity index (χ2n) is 12.4. The van der Waals surface area contributed by atoms with Crippen LogP contribution in [-0.2, 0) is 28.7 Å². The van der Waals surface area contributed by atoms with Crippen molar-refractivity contribution in [3.8, 4) is 0 Å². The van der Waals surface area contributed by atoms with Gasteiger partial charge in [0, 0.05) is 16.7 Å². The van der Waals surface area contributed by atoms with Gasteiger partial charge in [-0.3, -0.25) is 14.4 Å². The Hall–Kier alpha value is -2.10. The Labute approximate surface area is 212 Å². The Morgan fingerprint density at radius 3 is 2.11 bits per heavy atom. The fourth-order valence-corrected chi connectivity index (χ4v) is 8.23. The maximum Gasteiger partial charge on any atom is 0.345 e. The van der Waals surface area contributed by atoms with Crippen molar-refractivity contribution in [2.75, 3.05) is 14.2 Å². The van der Waals surface area contributed by atoms with E-state index in [0.717, 1.165) is 21.1 Å². The number of carbonyl (C=O) groups excluding carboxylic acids is 4. The first kappa shape index (κ1) is 28.5. The molecule has 0 aromatic rings. The molecule has 3 aliphatic rings. The fourth-order valence-electron chi connectivity index (χ4n) is 8.23. The molecule has 3 fully saturated rings. The summed E-state index contributed by atoms with van der Waals surface area (Å²) in [5.41, 5.74) is -7.25. The molecule has 36 heavy (non-hydrogen) atoms. The minimum atomic E-state index is -2.62. The largest absolute Gasteiger partial charge is 0.469 e. The van der Waals surface area contributed by atoms with Gasteiger partial charge in [0.25, 0.3) is 0 Å². The van der Waals surface area contributed by atoms with E-state index < -0.39 is 80.7 Å². The van der Waals surface area contributed by atoms with Gasteiger partial charge in [-0.15, -0.1) is 0 Å². The van der Waals surface area contributed by atoms with Crippen molar-refractivity contribution < 1.29 is 44.0 Å². The lowest BCUT2D eigenvalue weighted by Gasteiger charge is -2.68. The normalized spacial score (nSPS) is 43.5. The zero-order valence-corrected chi connectivity index (χ0v) is 22.5. The van der Waals surface area contributed by atoms with Crippen LogP contribution in [0.15, 0.2) is 12.2 Å². The number of Topliss-reactive ketones (excluding diaryl/α,β-unsaturated/α-hetero) is 2. The Morgan fingerprint density at radius 2 is 1.61 bits per heavy atom. The number of carbonyl (C=O) groups is 4. The highest BCUT2D eigenvalue weighted by atomic mass is 16.5. The lowest BCUT2D eigenvalue weighted by atomic mass is 9.34. The second kappa shape index (κ2) is 8.46. The number of fused-ring (bicyclic) bond motifs is 3. The van der Waals surface area contributed by atoms with E-state index >= 15 is 0 Å². The molecule has 0 aliphatic heterocycles. The summed E-state index contributed by atoms with van der Waals surface area (Å²) in [6, 6.07) is 0. The summed E-state index contributed by atoms with van der Waals surface area (Å²) in [7, 11) is 2.17. The summed E-state index contributed by atoms with van der Waals surface area (Å²) >= 11 is 0. The van der Waals surface area contributed by atoms with Crippen LogP contribution in [0.4, 0.5) is 0 Å². The molecule has 0 unspecified atom stereocenters. The monoisotopic (exact) mass is 508 g/mol. The molecule has 9 nitrogen and oxygen atoms in total. The van der Waals surface area contributed by atoms with E-state index in [1.54, 1.807) is 6.92 Å². The molecule has 0 aromatic heterocycles. The summed E-state index contributed by atoms with van der Waals surface area (Å²) in [4.78, 5) is 53.6. The van der Waals surface area contributed by atoms with Crippen molar-refractivity contribution in [3.63, 3.8) is 0 Å². The third kappa shape index (κ3) is 3.31. The Bertz CT molecular complexity index is 1010. The number of aliphatic hydroxyl groups excluding tert-OH is 2. The van der Waals surface area contributed by atoms with Gasteiger partial charge in [0.2, 0.25) is 5.60 Å². The molecule has 3 rings (SSSR count). The molecule has 3 aliphatic carbocycles. The maximum absolute atomic E-state index is 13.9. The summed E-state index contributed by atoms with van der Waals surface area (Å²) in [5.74, 6) is -6.21. The number of aliphatic hydroxyl groups is 3. The summed E-state index contributed by atoms with van der Waals surface area (Å²) in [5, 5.41) is 33.3. The number of hydrogen-bond donors (Lipinski definition) is 3. The van der Waals surface area contributed by atoms with E-state index in [1.165, 1.54) is 6.92 Å². The van der Waals surface area contributed by atoms with Crippen LogP contribution in [0.25, 0.3) is 0 Å². The van der Waals surface area contributed by atoms with Gasteiger partial charge in [-0.05, 0) is 44.4 Å². The minimum absolute atomic E-state index is 0.160. The zero-order valence-electron chi connectivity index (χ0n) is 22.5. The van der Waals surface area contributed by atoms with Crippen LogP contribution in [-0.4, -0.2) is 70.9 Å². The van der Waals surface area contributed by atoms with E-state index in [4.69, 9.17) is 4.74 Å². The summed E-state index contributed by atoms with van der Waals surface area (Å²) in [6.45, 7) is 13.7. The van der Waals surface area contributed by atoms with Crippen molar-refractivity contribution in [3.05, 3.63) is 12.2 Å². The Morgan fingerprint density at radius 1 is 1.06 bits per heavy atom. The first-order valence-electron chi connectivity index (χ1n) is 12.3. The lowest BCUT2D eigenvalue weighted by Crippen LogP contribution is -2.73. The van der Waals surface area contributed by atoms with Crippen molar-refractivity contribution in [2.24, 2.45) is 39.4 Å². The van der Waals surface area contributed by atoms with Crippen LogP contribution in [0.2, 0.25) is 0 Å². The molecule has 0 amide bonds. The zero-order chi connectivity index (χ0) is 27.8. The molecule has 3 N–H and O–H groups in total. The van der Waals surface area contributed by atoms with Crippen molar-refractivity contribution in [2.45, 2.75) is 78.6 Å². The quantitative estimate of drug-likeness (QED) is 0.293. The van der Waals surface area contributed by atoms with Crippen molar-refractivity contribution in [1.29, 1.82) is 0 Å². The highest BCUT2D eigenvalue weighted by Gasteiger charge is 2.75. The van der Waals surface area contributed by atoms with Crippen molar-refractivity contribution >= 4 is 23.5 Å². The van der Waals surface area contributed by atoms with Crippen LogP contribution in [0, 0.1) is 39.4 Å². The summed E-state index contributed by atoms with van der Waals surface area (Å²) < 4.78 is 9.75. The molecule has 0 aromatic carbocycles. The smallest absolute Gasteiger partial charge is 0.345 e. The molecular weight excluding hydrogens is 468 g/mol. The van der Waals surface area contributed by atoms with Gasteiger partial charge in [0.1, 0.15) is 6.10 Å². The van der Waals surface area contributed by atoms with Crippen LogP contribution in [0.5, 0.6) is 0 Å². The molecule has 0 heterocycles. The topological polar surface area (TPSA) is 147 Å². The molecule has 9 atom stereocenters. The number of ether oxygens (including phenoxy) is 2. The van der Waals surface area contributed by atoms with Gasteiger partial charge in [0.15, 0.2) is 11.6 Å². The predicted octanol–water partition coefficient (Wildman–Crippen LogP) is 1.60. The molecule has 0 bridgehead atoms. The molecule has 3 saturated carbocycles. The van der Waals surface area contributed by atoms with E-state index in [0.29, 0.717) is 18.4 Å². The first-order valence-corrected chi connectivity index (χ1v) is 12.3. The van der Waals surface area contributed by atoms with E-state index in [9.17, 15) is 34.5 Å². The number of hydrogen-bond acceptors (Lipinski definition) is 9. The van der Waals surface area contributed by atoms with Crippen molar-refractivity contribution in [1.82, 2.24) is 0 Å². The molecule has 202 valence electrons. The fraction of sp³-hybridized carbons (Fsp3) is 0.778. The lowest BCUT2D eigenvalue weighted by molar-refractivity contribution is -0.232. The maximum atomic E-state index is 13.9. The van der Waals surface area contributed by atoms with E-state index in [-0.39, 0.29) is 6.42 Å². The molecule has 0 spiro atoms. The Balaban J connectivity index is 2.30. The van der Waals surface area contributed by atoms with E-state index in [2.05, 4.69) is 11.3 Å². The van der Waals surface area contributed by atoms with Crippen LogP contribution >= 0.6 is 0 Å². The molecule has 9 heteroatoms. The second-order valence-corrected chi connectivity index (χ2v) is 12.4. The molecule has 0 saturated heterocycles. The van der Waals surface area contributed by atoms with Crippen LogP contribution < -0.4 is 0 Å². The predicted molar refractivity (Wildman–Crippen MR) is 128 cm³/mol. The van der Waals surface area contributed by atoms with Gasteiger partial charge < -0.3 is 24.8 Å². The van der Waals surface area contributed by atoms with Crippen LogP contribution in [0.1, 0.15) is 60.8 Å². The average molecular weight is 509 g/mol. The minimum Gasteiger partial charge on any atom is -0.469 e. The number of methoxy groups -OCH3 is 2. The van der Waals surface area contributed by atoms with Gasteiger partial charge in [-0.1, -0.05) is 39.8 Å². The third-order valence-electron chi connectivity index (χ3n) is 10.2. The van der Waals surface area contributed by atoms with Crippen LogP contribution in [0.3, 0.4) is 0 Å². The summed E-state index contributed by atoms with van der Waals surface area (Å²) in [6.07, 6.45) is -1.36. The standard InChI is InChI=1S/C27H40O9/c1-13-12-14-24(4)11-10-15(28)23(2,3)17(24)16(29)19(30)26(14,6)18(20(31)35-8)25(13,5)21(32)27(7,34)22(33)36-9/h14-15,17-19,28,30,34H,1,10-12H2,2-9H3/t14-,15+,17+,18-,19+,24-,25+,26-,27-/m0/s1. The highest BCUT2D eigenvalue weighted by molar-refractivity contribution is 6.11. The average Bonchev–Trinajstić information content (AvgIpc) is 2.81. The number of allylic oxidation sites excluding steroid dienone is 1. The first-order chi connectivity index (χ1) is 16.3. The molecular formula is C27H40O9. The van der Waals surface area contributed by atoms with Gasteiger partial charge in [-0.25, -0.2) is 4.79 Å². The van der Waals surface area contributed by atoms with Gasteiger partial charge in [0.05, 0.1) is 31.7 Å². The number of ketones is 2. The highest BCUT2D eigenvalue weighted by Crippen LogP contribution is 2.71. The number of rotatable bonds is 4.